The molecule has 3 rings (SSSR count). The molecular weight excluding hydrogens is 480 g/mol. The molecule has 0 amide bonds. The Morgan fingerprint density at radius 3 is 1.92 bits per heavy atom. The number of aliphatic hydroxyl groups excluding tert-OH is 2. The van der Waals surface area contributed by atoms with E-state index in [4.69, 9.17) is 23.7 Å². The molecule has 9 nitrogen and oxygen atoms in total. The van der Waals surface area contributed by atoms with Gasteiger partial charge in [-0.2, -0.15) is 0 Å². The molecule has 0 saturated heterocycles. The molecule has 0 radical (unpaired) electrons. The van der Waals surface area contributed by atoms with E-state index >= 15 is 0 Å². The Bertz CT molecular complexity index is 1210. The molecule has 0 aliphatic rings. The van der Waals surface area contributed by atoms with Gasteiger partial charge in [0, 0.05) is 12.0 Å². The molecule has 0 aromatic heterocycles. The number of hydrogen-bond donors (Lipinski definition) is 4. The highest BCUT2D eigenvalue weighted by molar-refractivity contribution is 5.59. The number of hydrogen-bond acceptors (Lipinski definition) is 9. The molecule has 3 aromatic carbocycles. The van der Waals surface area contributed by atoms with Crippen LogP contribution in [0.1, 0.15) is 34.5 Å². The Kier molecular flexibility index (Phi) is 9.10. The van der Waals surface area contributed by atoms with Gasteiger partial charge in [-0.1, -0.05) is 18.7 Å². The highest BCUT2D eigenvalue weighted by atomic mass is 16.5. The van der Waals surface area contributed by atoms with Gasteiger partial charge in [-0.3, -0.25) is 0 Å². The van der Waals surface area contributed by atoms with Crippen LogP contribution in [-0.2, 0) is 6.42 Å². The lowest BCUT2D eigenvalue weighted by Crippen LogP contribution is -2.12. The molecule has 0 heterocycles. The van der Waals surface area contributed by atoms with Gasteiger partial charge in [0.2, 0.25) is 5.75 Å². The minimum atomic E-state index is -1.04. The maximum atomic E-state index is 11.0. The molecule has 37 heavy (non-hydrogen) atoms. The van der Waals surface area contributed by atoms with Gasteiger partial charge in [0.15, 0.2) is 34.5 Å². The minimum absolute atomic E-state index is 0.0418. The molecule has 4 N–H and O–H groups in total. The maximum absolute atomic E-state index is 11.0. The highest BCUT2D eigenvalue weighted by Gasteiger charge is 2.22. The van der Waals surface area contributed by atoms with Gasteiger partial charge in [-0.15, -0.1) is 0 Å². The van der Waals surface area contributed by atoms with Crippen LogP contribution < -0.4 is 23.7 Å². The lowest BCUT2D eigenvalue weighted by molar-refractivity contribution is 0.104. The van der Waals surface area contributed by atoms with Crippen LogP contribution in [0.2, 0.25) is 0 Å². The van der Waals surface area contributed by atoms with Crippen LogP contribution in [-0.4, -0.2) is 55.5 Å². The van der Waals surface area contributed by atoms with Crippen LogP contribution in [0.15, 0.2) is 49.0 Å². The fraction of sp³-hybridized carbons (Fsp3) is 0.286. The molecule has 0 bridgehead atoms. The summed E-state index contributed by atoms with van der Waals surface area (Å²) in [6.07, 6.45) is -0.358. The Hall–Kier alpha value is -4.08. The molecular formula is C28H32O9. The molecule has 2 atom stereocenters. The number of benzene rings is 3. The van der Waals surface area contributed by atoms with Crippen LogP contribution in [0.25, 0.3) is 6.08 Å². The number of ether oxygens (including phenoxy) is 5. The summed E-state index contributed by atoms with van der Waals surface area (Å²) in [6, 6.07) is 11.1. The van der Waals surface area contributed by atoms with Gasteiger partial charge in [0.05, 0.1) is 34.5 Å². The standard InChI is InChI=1S/C28H32O9/c1-6-16-9-19(27(32)24(10-16)34-3)11-21(30)18-13-25(35-4)28(26(14-18)36-5)37-15-22(31)17-7-8-20(29)23(12-17)33-2/h6-10,12-14,21-22,29-32H,1,11,15H2,2-5H3. The van der Waals surface area contributed by atoms with E-state index < -0.39 is 12.2 Å². The summed E-state index contributed by atoms with van der Waals surface area (Å²) in [6.45, 7) is 3.60. The molecule has 0 spiro atoms. The fourth-order valence-electron chi connectivity index (χ4n) is 3.84. The smallest absolute Gasteiger partial charge is 0.203 e. The highest BCUT2D eigenvalue weighted by Crippen LogP contribution is 2.42. The summed E-state index contributed by atoms with van der Waals surface area (Å²) in [5.74, 6) is 1.21. The lowest BCUT2D eigenvalue weighted by Gasteiger charge is -2.20. The van der Waals surface area contributed by atoms with E-state index in [0.29, 0.717) is 16.7 Å². The Labute approximate surface area is 215 Å². The quantitative estimate of drug-likeness (QED) is 0.283. The zero-order valence-corrected chi connectivity index (χ0v) is 21.2. The molecule has 0 fully saturated rings. The number of aromatic hydroxyl groups is 2. The van der Waals surface area contributed by atoms with Crippen LogP contribution in [0.5, 0.6) is 40.2 Å². The van der Waals surface area contributed by atoms with E-state index in [1.165, 1.54) is 40.6 Å². The van der Waals surface area contributed by atoms with Gasteiger partial charge in [0.25, 0.3) is 0 Å². The Morgan fingerprint density at radius 2 is 1.35 bits per heavy atom. The van der Waals surface area contributed by atoms with Crippen molar-refractivity contribution in [3.8, 4) is 40.2 Å². The first-order valence-electron chi connectivity index (χ1n) is 11.4. The number of phenolic OH excluding ortho intramolecular Hbond substituents is 2. The van der Waals surface area contributed by atoms with Gasteiger partial charge < -0.3 is 44.1 Å². The van der Waals surface area contributed by atoms with Crippen LogP contribution in [0, 0.1) is 0 Å². The molecule has 0 aliphatic heterocycles. The van der Waals surface area contributed by atoms with Gasteiger partial charge in [-0.05, 0) is 53.1 Å². The van der Waals surface area contributed by atoms with Crippen molar-refractivity contribution < 1.29 is 44.1 Å². The van der Waals surface area contributed by atoms with Crippen LogP contribution in [0.3, 0.4) is 0 Å². The summed E-state index contributed by atoms with van der Waals surface area (Å²) in [7, 11) is 5.76. The maximum Gasteiger partial charge on any atom is 0.203 e. The fourth-order valence-corrected chi connectivity index (χ4v) is 3.84. The lowest BCUT2D eigenvalue weighted by atomic mass is 9.98. The summed E-state index contributed by atoms with van der Waals surface area (Å²) in [4.78, 5) is 0. The molecule has 9 heteroatoms. The second-order valence-corrected chi connectivity index (χ2v) is 8.17. The Morgan fingerprint density at radius 1 is 0.757 bits per heavy atom. The largest absolute Gasteiger partial charge is 0.504 e. The van der Waals surface area contributed by atoms with E-state index in [0.717, 1.165) is 5.56 Å². The van der Waals surface area contributed by atoms with E-state index in [-0.39, 0.29) is 53.3 Å². The first-order valence-corrected chi connectivity index (χ1v) is 11.4. The van der Waals surface area contributed by atoms with Crippen molar-refractivity contribution in [1.29, 1.82) is 0 Å². The summed E-state index contributed by atoms with van der Waals surface area (Å²) in [5.41, 5.74) is 2.16. The third-order valence-electron chi connectivity index (χ3n) is 5.89. The second kappa shape index (κ2) is 12.2. The number of phenols is 2. The predicted octanol–water partition coefficient (Wildman–Crippen LogP) is 4.16. The van der Waals surface area contributed by atoms with Crippen molar-refractivity contribution >= 4 is 6.08 Å². The molecule has 198 valence electrons. The van der Waals surface area contributed by atoms with Crippen molar-refractivity contribution in [2.24, 2.45) is 0 Å². The molecule has 0 saturated carbocycles. The zero-order valence-electron chi connectivity index (χ0n) is 21.2. The van der Waals surface area contributed by atoms with Crippen LogP contribution in [0.4, 0.5) is 0 Å². The molecule has 2 unspecified atom stereocenters. The average Bonchev–Trinajstić information content (AvgIpc) is 2.92. The van der Waals surface area contributed by atoms with Gasteiger partial charge in [0.1, 0.15) is 12.7 Å². The van der Waals surface area contributed by atoms with Gasteiger partial charge >= 0.3 is 0 Å². The second-order valence-electron chi connectivity index (χ2n) is 8.17. The molecule has 0 aliphatic carbocycles. The van der Waals surface area contributed by atoms with E-state index in [1.807, 2.05) is 0 Å². The number of methoxy groups -OCH3 is 4. The summed E-state index contributed by atoms with van der Waals surface area (Å²) < 4.78 is 27.1. The van der Waals surface area contributed by atoms with E-state index in [9.17, 15) is 20.4 Å². The average molecular weight is 513 g/mol. The third kappa shape index (κ3) is 6.19. The number of rotatable bonds is 12. The van der Waals surface area contributed by atoms with E-state index in [2.05, 4.69) is 6.58 Å². The van der Waals surface area contributed by atoms with Crippen molar-refractivity contribution in [2.75, 3.05) is 35.0 Å². The minimum Gasteiger partial charge on any atom is -0.504 e. The van der Waals surface area contributed by atoms with Crippen molar-refractivity contribution in [3.63, 3.8) is 0 Å². The van der Waals surface area contributed by atoms with Crippen molar-refractivity contribution in [3.05, 3.63) is 71.3 Å². The first kappa shape index (κ1) is 27.5. The van der Waals surface area contributed by atoms with E-state index in [1.54, 1.807) is 36.4 Å². The monoisotopic (exact) mass is 512 g/mol. The zero-order chi connectivity index (χ0) is 27.1. The number of aliphatic hydroxyl groups is 2. The Balaban J connectivity index is 1.84. The first-order chi connectivity index (χ1) is 17.8. The van der Waals surface area contributed by atoms with Crippen molar-refractivity contribution in [1.82, 2.24) is 0 Å². The SMILES string of the molecule is C=Cc1cc(CC(O)c2cc(OC)c(OCC(O)c3ccc(O)c(OC)c3)c(OC)c2)c(O)c(OC)c1. The normalized spacial score (nSPS) is 12.4. The molecule has 3 aromatic rings. The van der Waals surface area contributed by atoms with Gasteiger partial charge in [-0.25, -0.2) is 0 Å². The summed E-state index contributed by atoms with van der Waals surface area (Å²) >= 11 is 0. The van der Waals surface area contributed by atoms with Crippen molar-refractivity contribution in [2.45, 2.75) is 18.6 Å². The third-order valence-corrected chi connectivity index (χ3v) is 5.89. The topological polar surface area (TPSA) is 127 Å². The van der Waals surface area contributed by atoms with Crippen LogP contribution >= 0.6 is 0 Å². The summed E-state index contributed by atoms with van der Waals surface area (Å²) in [5, 5.41) is 41.9. The predicted molar refractivity (Wildman–Crippen MR) is 138 cm³/mol.